The van der Waals surface area contributed by atoms with E-state index in [1.165, 1.54) is 0 Å². The molecule has 0 saturated heterocycles. The first-order valence-electron chi connectivity index (χ1n) is 5.17. The van der Waals surface area contributed by atoms with Crippen LogP contribution < -0.4 is 4.74 Å². The Hall–Kier alpha value is -1.99. The van der Waals surface area contributed by atoms with Crippen molar-refractivity contribution in [1.29, 1.82) is 0 Å². The zero-order valence-electron chi connectivity index (χ0n) is 9.86. The van der Waals surface area contributed by atoms with Gasteiger partial charge in [-0.3, -0.25) is 0 Å². The van der Waals surface area contributed by atoms with Crippen LogP contribution in [0.4, 0.5) is 0 Å². The van der Waals surface area contributed by atoms with Gasteiger partial charge in [-0.15, -0.1) is 0 Å². The molecule has 0 unspecified atom stereocenters. The topological polar surface area (TPSA) is 44.8 Å². The molecule has 17 heavy (non-hydrogen) atoms. The third-order valence-electron chi connectivity index (χ3n) is 1.76. The maximum absolute atomic E-state index is 11.0. The van der Waals surface area contributed by atoms with E-state index in [4.69, 9.17) is 14.2 Å². The van der Waals surface area contributed by atoms with Crippen LogP contribution in [0.1, 0.15) is 12.5 Å². The fourth-order valence-corrected chi connectivity index (χ4v) is 1.08. The highest BCUT2D eigenvalue weighted by atomic mass is 16.7. The summed E-state index contributed by atoms with van der Waals surface area (Å²) in [4.78, 5) is 11.0. The van der Waals surface area contributed by atoms with Gasteiger partial charge in [-0.1, -0.05) is 12.0 Å². The van der Waals surface area contributed by atoms with Gasteiger partial charge in [-0.05, 0) is 25.1 Å². The quantitative estimate of drug-likeness (QED) is 0.451. The average Bonchev–Trinajstić information content (AvgIpc) is 2.35. The number of hydrogen-bond donors (Lipinski definition) is 0. The van der Waals surface area contributed by atoms with Crippen molar-refractivity contribution in [3.05, 3.63) is 29.8 Å². The molecule has 0 aliphatic rings. The van der Waals surface area contributed by atoms with Gasteiger partial charge in [0, 0.05) is 18.6 Å². The second-order valence-corrected chi connectivity index (χ2v) is 3.05. The largest absolute Gasteiger partial charge is 0.468 e. The molecule has 1 rings (SSSR count). The fourth-order valence-electron chi connectivity index (χ4n) is 1.08. The number of esters is 1. The summed E-state index contributed by atoms with van der Waals surface area (Å²) in [6, 6.07) is 7.09. The second-order valence-electron chi connectivity index (χ2n) is 3.05. The smallest absolute Gasteiger partial charge is 0.384 e. The van der Waals surface area contributed by atoms with Crippen LogP contribution >= 0.6 is 0 Å². The Balaban J connectivity index is 2.67. The maximum Gasteiger partial charge on any atom is 0.384 e. The summed E-state index contributed by atoms with van der Waals surface area (Å²) in [5.74, 6) is 5.20. The number of ether oxygens (including phenoxy) is 3. The predicted molar refractivity (Wildman–Crippen MR) is 62.5 cm³/mol. The molecule has 0 N–H and O–H groups in total. The van der Waals surface area contributed by atoms with Crippen LogP contribution in [0, 0.1) is 11.8 Å². The van der Waals surface area contributed by atoms with E-state index in [0.29, 0.717) is 17.9 Å². The first kappa shape index (κ1) is 13.1. The summed E-state index contributed by atoms with van der Waals surface area (Å²) in [6.07, 6.45) is 0. The SMILES string of the molecule is CCOC(=O)C#Cc1cccc(OCOC)c1. The molecule has 1 aromatic rings. The fraction of sp³-hybridized carbons (Fsp3) is 0.308. The molecule has 0 amide bonds. The molecule has 0 spiro atoms. The minimum atomic E-state index is -0.532. The van der Waals surface area contributed by atoms with E-state index in [-0.39, 0.29) is 6.79 Å². The monoisotopic (exact) mass is 234 g/mol. The summed E-state index contributed by atoms with van der Waals surface area (Å²) in [6.45, 7) is 2.23. The van der Waals surface area contributed by atoms with Crippen molar-refractivity contribution in [2.75, 3.05) is 20.5 Å². The van der Waals surface area contributed by atoms with Crippen LogP contribution in [-0.4, -0.2) is 26.5 Å². The minimum Gasteiger partial charge on any atom is -0.468 e. The molecule has 4 nitrogen and oxygen atoms in total. The van der Waals surface area contributed by atoms with Gasteiger partial charge in [-0.25, -0.2) is 4.79 Å². The van der Waals surface area contributed by atoms with Gasteiger partial charge in [0.25, 0.3) is 0 Å². The Labute approximate surface area is 100 Å². The summed E-state index contributed by atoms with van der Waals surface area (Å²) < 4.78 is 14.7. The molecule has 90 valence electrons. The predicted octanol–water partition coefficient (Wildman–Crippen LogP) is 1.58. The molecule has 0 saturated carbocycles. The van der Waals surface area contributed by atoms with Crippen molar-refractivity contribution in [2.45, 2.75) is 6.92 Å². The van der Waals surface area contributed by atoms with Crippen LogP contribution in [0.3, 0.4) is 0 Å². The van der Waals surface area contributed by atoms with Crippen LogP contribution in [0.5, 0.6) is 5.75 Å². The van der Waals surface area contributed by atoms with E-state index in [2.05, 4.69) is 11.8 Å². The molecular weight excluding hydrogens is 220 g/mol. The Kier molecular flexibility index (Phi) is 5.62. The van der Waals surface area contributed by atoms with Crippen molar-refractivity contribution < 1.29 is 19.0 Å². The standard InChI is InChI=1S/C13H14O4/c1-3-16-13(14)8-7-11-5-4-6-12(9-11)17-10-15-2/h4-6,9H,3,10H2,1-2H3. The van der Waals surface area contributed by atoms with Gasteiger partial charge in [0.15, 0.2) is 6.79 Å². The molecular formula is C13H14O4. The summed E-state index contributed by atoms with van der Waals surface area (Å²) >= 11 is 0. The first-order chi connectivity index (χ1) is 8.26. The van der Waals surface area contributed by atoms with Gasteiger partial charge in [0.05, 0.1) is 6.61 Å². The third-order valence-corrected chi connectivity index (χ3v) is 1.76. The van der Waals surface area contributed by atoms with E-state index in [1.807, 2.05) is 0 Å². The molecule has 0 fully saturated rings. The highest BCUT2D eigenvalue weighted by Crippen LogP contribution is 2.12. The van der Waals surface area contributed by atoms with Gasteiger partial charge < -0.3 is 14.2 Å². The normalized spacial score (nSPS) is 9.06. The van der Waals surface area contributed by atoms with E-state index in [1.54, 1.807) is 38.3 Å². The Morgan fingerprint density at radius 2 is 2.24 bits per heavy atom. The van der Waals surface area contributed by atoms with Gasteiger partial charge in [-0.2, -0.15) is 0 Å². The highest BCUT2D eigenvalue weighted by Gasteiger charge is 1.96. The molecule has 0 aliphatic carbocycles. The van der Waals surface area contributed by atoms with Crippen molar-refractivity contribution in [3.8, 4) is 17.6 Å². The number of rotatable bonds is 4. The number of benzene rings is 1. The minimum absolute atomic E-state index is 0.175. The Morgan fingerprint density at radius 1 is 1.41 bits per heavy atom. The zero-order chi connectivity index (χ0) is 12.5. The molecule has 0 aromatic heterocycles. The van der Waals surface area contributed by atoms with Crippen LogP contribution in [0.25, 0.3) is 0 Å². The third kappa shape index (κ3) is 5.05. The maximum atomic E-state index is 11.0. The Bertz CT molecular complexity index is 429. The number of methoxy groups -OCH3 is 1. The lowest BCUT2D eigenvalue weighted by Crippen LogP contribution is -2.00. The van der Waals surface area contributed by atoms with E-state index >= 15 is 0 Å². The summed E-state index contributed by atoms with van der Waals surface area (Å²) in [5, 5.41) is 0. The van der Waals surface area contributed by atoms with Crippen LogP contribution in [0.15, 0.2) is 24.3 Å². The molecule has 1 aromatic carbocycles. The van der Waals surface area contributed by atoms with E-state index in [0.717, 1.165) is 0 Å². The highest BCUT2D eigenvalue weighted by molar-refractivity contribution is 5.89. The number of hydrogen-bond acceptors (Lipinski definition) is 4. The van der Waals surface area contributed by atoms with E-state index in [9.17, 15) is 4.79 Å². The number of carbonyl (C=O) groups is 1. The van der Waals surface area contributed by atoms with Crippen molar-refractivity contribution in [2.24, 2.45) is 0 Å². The van der Waals surface area contributed by atoms with Crippen LogP contribution in [-0.2, 0) is 14.3 Å². The molecule has 0 radical (unpaired) electrons. The lowest BCUT2D eigenvalue weighted by atomic mass is 10.2. The molecule has 4 heteroatoms. The summed E-state index contributed by atoms with van der Waals surface area (Å²) in [5.41, 5.74) is 0.687. The lowest BCUT2D eigenvalue weighted by Gasteiger charge is -2.03. The lowest BCUT2D eigenvalue weighted by molar-refractivity contribution is -0.136. The van der Waals surface area contributed by atoms with Crippen LogP contribution in [0.2, 0.25) is 0 Å². The molecule has 0 atom stereocenters. The Morgan fingerprint density at radius 3 is 2.94 bits per heavy atom. The first-order valence-corrected chi connectivity index (χ1v) is 5.17. The average molecular weight is 234 g/mol. The molecule has 0 bridgehead atoms. The molecule has 0 aliphatic heterocycles. The van der Waals surface area contributed by atoms with Crippen molar-refractivity contribution in [3.63, 3.8) is 0 Å². The van der Waals surface area contributed by atoms with Crippen molar-refractivity contribution in [1.82, 2.24) is 0 Å². The van der Waals surface area contributed by atoms with Gasteiger partial charge in [0.1, 0.15) is 5.75 Å². The zero-order valence-corrected chi connectivity index (χ0v) is 9.86. The van der Waals surface area contributed by atoms with Crippen molar-refractivity contribution >= 4 is 5.97 Å². The van der Waals surface area contributed by atoms with E-state index < -0.39 is 5.97 Å². The number of carbonyl (C=O) groups excluding carboxylic acids is 1. The second kappa shape index (κ2) is 7.31. The molecule has 0 heterocycles. The van der Waals surface area contributed by atoms with Gasteiger partial charge in [0.2, 0.25) is 0 Å². The summed E-state index contributed by atoms with van der Waals surface area (Å²) in [7, 11) is 1.55. The van der Waals surface area contributed by atoms with Gasteiger partial charge >= 0.3 is 5.97 Å².